The lowest BCUT2D eigenvalue weighted by atomic mass is 10.2. The second-order valence-corrected chi connectivity index (χ2v) is 3.98. The number of pyridine rings is 2. The van der Waals surface area contributed by atoms with Crippen LogP contribution in [-0.4, -0.2) is 14.9 Å². The summed E-state index contributed by atoms with van der Waals surface area (Å²) >= 11 is 0. The summed E-state index contributed by atoms with van der Waals surface area (Å²) in [5, 5.41) is 10.9. The third-order valence-corrected chi connectivity index (χ3v) is 2.56. The zero-order valence-corrected chi connectivity index (χ0v) is 10.7. The number of aryl methyl sites for hydroxylation is 1. The van der Waals surface area contributed by atoms with Gasteiger partial charge in [-0.3, -0.25) is 0 Å². The Bertz CT molecular complexity index is 632. The number of ether oxygens (including phenoxy) is 1. The van der Waals surface area contributed by atoms with E-state index >= 15 is 0 Å². The molecule has 104 valence electrons. The van der Waals surface area contributed by atoms with Crippen molar-refractivity contribution in [1.29, 1.82) is 0 Å². The largest absolute Gasteiger partial charge is 0.481 e. The van der Waals surface area contributed by atoms with Gasteiger partial charge in [-0.2, -0.15) is 0 Å². The second-order valence-electron chi connectivity index (χ2n) is 3.98. The van der Waals surface area contributed by atoms with Crippen LogP contribution < -0.4 is 16.0 Å². The maximum atomic E-state index is 10.9. The maximum absolute atomic E-state index is 10.9. The highest BCUT2D eigenvalue weighted by Gasteiger charge is 2.18. The van der Waals surface area contributed by atoms with E-state index in [0.29, 0.717) is 17.1 Å². The van der Waals surface area contributed by atoms with Gasteiger partial charge in [0, 0.05) is 18.7 Å². The monoisotopic (exact) mass is 275 g/mol. The van der Waals surface area contributed by atoms with Crippen LogP contribution in [-0.2, 0) is 6.61 Å². The van der Waals surface area contributed by atoms with E-state index in [1.807, 2.05) is 0 Å². The standard InChI is InChI=1S/C12H13N5O3/c1-8-4-5-10(12(15-8)17(18)19)20-7-9-3-2-6-14-11(9)16-13/h2-6H,7,13H2,1H3,(H,14,16). The second kappa shape index (κ2) is 5.93. The predicted octanol–water partition coefficient (Wildman–Crippen LogP) is 1.56. The zero-order valence-electron chi connectivity index (χ0n) is 10.7. The molecule has 2 rings (SSSR count). The SMILES string of the molecule is Cc1ccc(OCc2cccnc2NN)c([N+](=O)[O-])n1. The molecule has 0 saturated heterocycles. The summed E-state index contributed by atoms with van der Waals surface area (Å²) in [7, 11) is 0. The molecule has 8 nitrogen and oxygen atoms in total. The lowest BCUT2D eigenvalue weighted by molar-refractivity contribution is -0.390. The van der Waals surface area contributed by atoms with Crippen molar-refractivity contribution >= 4 is 11.6 Å². The molecule has 0 unspecified atom stereocenters. The van der Waals surface area contributed by atoms with Gasteiger partial charge in [0.05, 0.1) is 0 Å². The zero-order chi connectivity index (χ0) is 14.5. The van der Waals surface area contributed by atoms with Gasteiger partial charge < -0.3 is 20.3 Å². The summed E-state index contributed by atoms with van der Waals surface area (Å²) in [5.41, 5.74) is 3.67. The highest BCUT2D eigenvalue weighted by atomic mass is 16.6. The summed E-state index contributed by atoms with van der Waals surface area (Å²) in [6, 6.07) is 6.65. The number of rotatable bonds is 5. The molecule has 8 heteroatoms. The molecular formula is C12H13N5O3. The first-order chi connectivity index (χ1) is 9.61. The van der Waals surface area contributed by atoms with Crippen LogP contribution in [0.5, 0.6) is 5.75 Å². The number of hydrazine groups is 1. The fourth-order valence-corrected chi connectivity index (χ4v) is 1.61. The van der Waals surface area contributed by atoms with Gasteiger partial charge in [0.25, 0.3) is 0 Å². The van der Waals surface area contributed by atoms with Crippen molar-refractivity contribution < 1.29 is 9.66 Å². The number of anilines is 1. The van der Waals surface area contributed by atoms with Crippen molar-refractivity contribution in [3.8, 4) is 5.75 Å². The van der Waals surface area contributed by atoms with E-state index in [0.717, 1.165) is 0 Å². The topological polar surface area (TPSA) is 116 Å². The number of nitro groups is 1. The number of hydrogen-bond acceptors (Lipinski definition) is 7. The summed E-state index contributed by atoms with van der Waals surface area (Å²) in [6.07, 6.45) is 1.58. The number of nitrogen functional groups attached to an aromatic ring is 1. The first-order valence-corrected chi connectivity index (χ1v) is 5.77. The molecule has 0 spiro atoms. The average Bonchev–Trinajstić information content (AvgIpc) is 2.46. The Morgan fingerprint density at radius 2 is 2.25 bits per heavy atom. The Morgan fingerprint density at radius 3 is 2.95 bits per heavy atom. The van der Waals surface area contributed by atoms with E-state index in [4.69, 9.17) is 10.6 Å². The van der Waals surface area contributed by atoms with Gasteiger partial charge in [0.15, 0.2) is 0 Å². The van der Waals surface area contributed by atoms with Crippen LogP contribution in [0.4, 0.5) is 11.6 Å². The normalized spacial score (nSPS) is 10.1. The Labute approximate surface area is 114 Å². The number of nitrogens with one attached hydrogen (secondary N) is 1. The first kappa shape index (κ1) is 13.7. The fraction of sp³-hybridized carbons (Fsp3) is 0.167. The molecule has 2 aromatic rings. The summed E-state index contributed by atoms with van der Waals surface area (Å²) < 4.78 is 5.44. The smallest absolute Gasteiger partial charge is 0.406 e. The van der Waals surface area contributed by atoms with Gasteiger partial charge in [-0.25, -0.2) is 10.8 Å². The highest BCUT2D eigenvalue weighted by Crippen LogP contribution is 2.26. The molecule has 2 heterocycles. The van der Waals surface area contributed by atoms with E-state index in [-0.39, 0.29) is 18.2 Å². The van der Waals surface area contributed by atoms with Crippen LogP contribution in [0.2, 0.25) is 0 Å². The Balaban J connectivity index is 2.21. The maximum Gasteiger partial charge on any atom is 0.406 e. The molecule has 0 fully saturated rings. The fourth-order valence-electron chi connectivity index (χ4n) is 1.61. The number of hydrogen-bond donors (Lipinski definition) is 2. The Kier molecular flexibility index (Phi) is 4.06. The average molecular weight is 275 g/mol. The van der Waals surface area contributed by atoms with Crippen molar-refractivity contribution in [2.24, 2.45) is 5.84 Å². The number of nitrogens with zero attached hydrogens (tertiary/aromatic N) is 3. The van der Waals surface area contributed by atoms with Crippen molar-refractivity contribution in [3.63, 3.8) is 0 Å². The first-order valence-electron chi connectivity index (χ1n) is 5.77. The molecule has 0 radical (unpaired) electrons. The van der Waals surface area contributed by atoms with Crippen LogP contribution in [0.15, 0.2) is 30.5 Å². The predicted molar refractivity (Wildman–Crippen MR) is 72.0 cm³/mol. The molecule has 0 bridgehead atoms. The molecule has 0 atom stereocenters. The third kappa shape index (κ3) is 2.98. The minimum absolute atomic E-state index is 0.0962. The van der Waals surface area contributed by atoms with Crippen molar-refractivity contribution in [3.05, 3.63) is 51.8 Å². The van der Waals surface area contributed by atoms with E-state index in [2.05, 4.69) is 15.4 Å². The summed E-state index contributed by atoms with van der Waals surface area (Å²) in [5.74, 6) is 5.58. The molecule has 0 aromatic carbocycles. The number of nitrogens with two attached hydrogens (primary N) is 1. The summed E-state index contributed by atoms with van der Waals surface area (Å²) in [4.78, 5) is 18.2. The van der Waals surface area contributed by atoms with Crippen LogP contribution in [0, 0.1) is 17.0 Å². The minimum atomic E-state index is -0.576. The molecule has 0 aliphatic rings. The van der Waals surface area contributed by atoms with Gasteiger partial charge in [0.2, 0.25) is 5.75 Å². The highest BCUT2D eigenvalue weighted by molar-refractivity contribution is 5.44. The van der Waals surface area contributed by atoms with Gasteiger partial charge >= 0.3 is 5.82 Å². The van der Waals surface area contributed by atoms with Gasteiger partial charge in [-0.05, 0) is 28.1 Å². The lowest BCUT2D eigenvalue weighted by Gasteiger charge is -2.09. The Hall–Kier alpha value is -2.74. The van der Waals surface area contributed by atoms with Crippen LogP contribution in [0.1, 0.15) is 11.3 Å². The van der Waals surface area contributed by atoms with Gasteiger partial charge in [-0.15, -0.1) is 0 Å². The van der Waals surface area contributed by atoms with Gasteiger partial charge in [0.1, 0.15) is 18.1 Å². The van der Waals surface area contributed by atoms with E-state index in [9.17, 15) is 10.1 Å². The van der Waals surface area contributed by atoms with E-state index in [1.54, 1.807) is 31.3 Å². The molecule has 2 aromatic heterocycles. The molecule has 20 heavy (non-hydrogen) atoms. The number of aromatic nitrogens is 2. The minimum Gasteiger partial charge on any atom is -0.481 e. The molecule has 0 aliphatic heterocycles. The molecule has 3 N–H and O–H groups in total. The van der Waals surface area contributed by atoms with Crippen molar-refractivity contribution in [1.82, 2.24) is 9.97 Å². The molecular weight excluding hydrogens is 262 g/mol. The van der Waals surface area contributed by atoms with Crippen molar-refractivity contribution in [2.75, 3.05) is 5.43 Å². The lowest BCUT2D eigenvalue weighted by Crippen LogP contribution is -2.12. The van der Waals surface area contributed by atoms with E-state index < -0.39 is 4.92 Å². The van der Waals surface area contributed by atoms with Crippen LogP contribution in [0.25, 0.3) is 0 Å². The third-order valence-electron chi connectivity index (χ3n) is 2.56. The van der Waals surface area contributed by atoms with Gasteiger partial charge in [-0.1, -0.05) is 6.07 Å². The summed E-state index contributed by atoms with van der Waals surface area (Å²) in [6.45, 7) is 1.77. The molecule has 0 aliphatic carbocycles. The van der Waals surface area contributed by atoms with Crippen molar-refractivity contribution in [2.45, 2.75) is 13.5 Å². The van der Waals surface area contributed by atoms with Crippen LogP contribution in [0.3, 0.4) is 0 Å². The van der Waals surface area contributed by atoms with E-state index in [1.165, 1.54) is 6.07 Å². The molecule has 0 amide bonds. The molecule has 0 saturated carbocycles. The van der Waals surface area contributed by atoms with Crippen LogP contribution >= 0.6 is 0 Å². The quantitative estimate of drug-likeness (QED) is 0.483. The Morgan fingerprint density at radius 1 is 1.45 bits per heavy atom.